The standard InChI is InChI=1S/C35H29F2N5O4S/c1-21-12-15-42(25-7-4-23(36)5-8-25)35(44)32(21)34(43)41-24-6-10-29(26(37)17-24)46-30-11-13-39-28-18-31(47-33(28)30)27-9-3-22(20-40-27)19-38-14-16-45-2/h3-13,15,17-18,20,38H,14,16,19H2,1-2H3,(H,41,43). The van der Waals surface area contributed by atoms with E-state index >= 15 is 4.39 Å². The van der Waals surface area contributed by atoms with Crippen LogP contribution >= 0.6 is 11.3 Å². The molecule has 0 fully saturated rings. The average molecular weight is 654 g/mol. The average Bonchev–Trinajstić information content (AvgIpc) is 3.51. The van der Waals surface area contributed by atoms with Crippen molar-refractivity contribution in [3.63, 3.8) is 0 Å². The summed E-state index contributed by atoms with van der Waals surface area (Å²) in [6.07, 6.45) is 4.92. The summed E-state index contributed by atoms with van der Waals surface area (Å²) in [5, 5.41) is 5.89. The molecule has 47 heavy (non-hydrogen) atoms. The van der Waals surface area contributed by atoms with Gasteiger partial charge in [-0.2, -0.15) is 0 Å². The normalized spacial score (nSPS) is 11.1. The third-order valence-electron chi connectivity index (χ3n) is 7.31. The molecule has 4 aromatic heterocycles. The minimum Gasteiger partial charge on any atom is -0.453 e. The van der Waals surface area contributed by atoms with Crippen molar-refractivity contribution in [3.8, 4) is 27.8 Å². The van der Waals surface area contributed by atoms with E-state index in [0.29, 0.717) is 35.7 Å². The number of benzene rings is 2. The smallest absolute Gasteiger partial charge is 0.268 e. The fourth-order valence-electron chi connectivity index (χ4n) is 4.88. The number of anilines is 1. The number of carbonyl (C=O) groups is 1. The van der Waals surface area contributed by atoms with Gasteiger partial charge in [0.1, 0.15) is 17.1 Å². The van der Waals surface area contributed by atoms with E-state index in [1.807, 2.05) is 24.4 Å². The van der Waals surface area contributed by atoms with Gasteiger partial charge in [-0.25, -0.2) is 8.78 Å². The Bertz CT molecular complexity index is 2110. The molecule has 0 aliphatic heterocycles. The molecule has 4 heterocycles. The molecule has 2 N–H and O–H groups in total. The van der Waals surface area contributed by atoms with E-state index in [1.54, 1.807) is 32.4 Å². The van der Waals surface area contributed by atoms with Gasteiger partial charge in [-0.1, -0.05) is 6.07 Å². The van der Waals surface area contributed by atoms with Crippen LogP contribution in [-0.4, -0.2) is 40.7 Å². The van der Waals surface area contributed by atoms with Crippen LogP contribution in [0.4, 0.5) is 14.5 Å². The van der Waals surface area contributed by atoms with Gasteiger partial charge in [0, 0.05) is 62.3 Å². The number of pyridine rings is 3. The van der Waals surface area contributed by atoms with Crippen LogP contribution in [0.25, 0.3) is 26.5 Å². The minimum absolute atomic E-state index is 0.0524. The number of thiophene rings is 1. The Morgan fingerprint density at radius 1 is 0.979 bits per heavy atom. The second-order valence-electron chi connectivity index (χ2n) is 10.6. The van der Waals surface area contributed by atoms with Crippen molar-refractivity contribution in [3.05, 3.63) is 130 Å². The lowest BCUT2D eigenvalue weighted by molar-refractivity contribution is 0.102. The van der Waals surface area contributed by atoms with Crippen molar-refractivity contribution in [2.45, 2.75) is 13.5 Å². The van der Waals surface area contributed by atoms with E-state index in [1.165, 1.54) is 58.5 Å². The molecule has 0 spiro atoms. The number of aromatic nitrogens is 3. The highest BCUT2D eigenvalue weighted by atomic mass is 32.1. The Labute approximate surface area is 272 Å². The molecule has 0 aliphatic carbocycles. The number of carbonyl (C=O) groups excluding carboxylic acids is 1. The van der Waals surface area contributed by atoms with Gasteiger partial charge in [0.2, 0.25) is 0 Å². The summed E-state index contributed by atoms with van der Waals surface area (Å²) in [7, 11) is 1.66. The number of amides is 1. The van der Waals surface area contributed by atoms with E-state index < -0.39 is 23.1 Å². The molecule has 9 nitrogen and oxygen atoms in total. The summed E-state index contributed by atoms with van der Waals surface area (Å²) >= 11 is 1.43. The molecule has 0 saturated heterocycles. The quantitative estimate of drug-likeness (QED) is 0.147. The van der Waals surface area contributed by atoms with Crippen molar-refractivity contribution in [1.82, 2.24) is 19.9 Å². The van der Waals surface area contributed by atoms with Crippen LogP contribution in [0.3, 0.4) is 0 Å². The molecular weight excluding hydrogens is 624 g/mol. The molecule has 0 saturated carbocycles. The first-order chi connectivity index (χ1) is 22.8. The topological polar surface area (TPSA) is 107 Å². The van der Waals surface area contributed by atoms with Crippen LogP contribution in [0.15, 0.2) is 96.2 Å². The van der Waals surface area contributed by atoms with Crippen molar-refractivity contribution >= 4 is 33.1 Å². The third kappa shape index (κ3) is 7.09. The van der Waals surface area contributed by atoms with E-state index in [2.05, 4.69) is 20.6 Å². The van der Waals surface area contributed by atoms with Crippen LogP contribution in [0, 0.1) is 18.6 Å². The number of ether oxygens (including phenoxy) is 2. The minimum atomic E-state index is -0.714. The Morgan fingerprint density at radius 2 is 1.81 bits per heavy atom. The van der Waals surface area contributed by atoms with Crippen molar-refractivity contribution in [1.29, 1.82) is 0 Å². The van der Waals surface area contributed by atoms with Crippen LogP contribution in [0.2, 0.25) is 0 Å². The first-order valence-corrected chi connectivity index (χ1v) is 15.4. The molecule has 0 unspecified atom stereocenters. The highest BCUT2D eigenvalue weighted by Crippen LogP contribution is 2.39. The number of nitrogens with zero attached hydrogens (tertiary/aromatic N) is 3. The molecule has 6 rings (SSSR count). The number of methoxy groups -OCH3 is 1. The molecule has 238 valence electrons. The molecule has 6 aromatic rings. The summed E-state index contributed by atoms with van der Waals surface area (Å²) in [4.78, 5) is 36.3. The van der Waals surface area contributed by atoms with Gasteiger partial charge in [-0.15, -0.1) is 11.3 Å². The zero-order valence-corrected chi connectivity index (χ0v) is 26.2. The summed E-state index contributed by atoms with van der Waals surface area (Å²) < 4.78 is 41.7. The Balaban J connectivity index is 1.18. The first-order valence-electron chi connectivity index (χ1n) is 14.6. The van der Waals surface area contributed by atoms with E-state index in [0.717, 1.165) is 33.4 Å². The predicted molar refractivity (Wildman–Crippen MR) is 178 cm³/mol. The van der Waals surface area contributed by atoms with Gasteiger partial charge in [0.05, 0.1) is 27.4 Å². The van der Waals surface area contributed by atoms with Gasteiger partial charge >= 0.3 is 0 Å². The van der Waals surface area contributed by atoms with Crippen LogP contribution in [0.5, 0.6) is 11.5 Å². The van der Waals surface area contributed by atoms with Crippen molar-refractivity contribution in [2.75, 3.05) is 25.6 Å². The molecule has 0 radical (unpaired) electrons. The summed E-state index contributed by atoms with van der Waals surface area (Å²) in [5.74, 6) is -1.50. The number of aryl methyl sites for hydroxylation is 1. The second kappa shape index (κ2) is 14.0. The third-order valence-corrected chi connectivity index (χ3v) is 8.47. The largest absolute Gasteiger partial charge is 0.453 e. The molecule has 12 heteroatoms. The van der Waals surface area contributed by atoms with Gasteiger partial charge < -0.3 is 20.1 Å². The lowest BCUT2D eigenvalue weighted by Gasteiger charge is -2.12. The molecule has 2 aromatic carbocycles. The maximum absolute atomic E-state index is 15.3. The molecular formula is C35H29F2N5O4S. The fraction of sp³-hybridized carbons (Fsp3) is 0.143. The maximum Gasteiger partial charge on any atom is 0.268 e. The second-order valence-corrected chi connectivity index (χ2v) is 11.6. The van der Waals surface area contributed by atoms with Gasteiger partial charge in [-0.3, -0.25) is 24.1 Å². The lowest BCUT2D eigenvalue weighted by atomic mass is 10.1. The van der Waals surface area contributed by atoms with Gasteiger partial charge in [0.25, 0.3) is 11.5 Å². The highest BCUT2D eigenvalue weighted by molar-refractivity contribution is 7.22. The van der Waals surface area contributed by atoms with Crippen LogP contribution < -0.4 is 20.9 Å². The monoisotopic (exact) mass is 653 g/mol. The summed E-state index contributed by atoms with van der Waals surface area (Å²) in [6, 6.07) is 18.5. The maximum atomic E-state index is 15.3. The number of halogens is 2. The number of hydrogen-bond acceptors (Lipinski definition) is 8. The van der Waals surface area contributed by atoms with E-state index in [9.17, 15) is 14.0 Å². The zero-order chi connectivity index (χ0) is 32.9. The fourth-order valence-corrected chi connectivity index (χ4v) is 5.93. The van der Waals surface area contributed by atoms with Gasteiger partial charge in [0.15, 0.2) is 11.6 Å². The molecule has 0 aliphatic rings. The number of rotatable bonds is 11. The van der Waals surface area contributed by atoms with E-state index in [4.69, 9.17) is 9.47 Å². The number of hydrogen-bond donors (Lipinski definition) is 2. The molecule has 0 bridgehead atoms. The predicted octanol–water partition coefficient (Wildman–Crippen LogP) is 6.88. The summed E-state index contributed by atoms with van der Waals surface area (Å²) in [5.41, 5.74) is 2.77. The Kier molecular flexibility index (Phi) is 9.43. The van der Waals surface area contributed by atoms with Crippen LogP contribution in [0.1, 0.15) is 21.5 Å². The SMILES string of the molecule is COCCNCc1ccc(-c2cc3nccc(Oc4ccc(NC(=O)c5c(C)ccn(-c6ccc(F)cc6)c5=O)cc4F)c3s2)nc1. The van der Waals surface area contributed by atoms with Crippen LogP contribution in [-0.2, 0) is 11.3 Å². The van der Waals surface area contributed by atoms with E-state index in [-0.39, 0.29) is 17.0 Å². The van der Waals surface area contributed by atoms with Crippen molar-refractivity contribution in [2.24, 2.45) is 0 Å². The lowest BCUT2D eigenvalue weighted by Crippen LogP contribution is -2.29. The Hall–Kier alpha value is -5.30. The molecule has 0 atom stereocenters. The van der Waals surface area contributed by atoms with Gasteiger partial charge in [-0.05, 0) is 72.6 Å². The number of nitrogens with one attached hydrogen (secondary N) is 2. The summed E-state index contributed by atoms with van der Waals surface area (Å²) in [6.45, 7) is 3.69. The first kappa shape index (κ1) is 31.7. The number of fused-ring (bicyclic) bond motifs is 1. The Morgan fingerprint density at radius 3 is 2.55 bits per heavy atom. The zero-order valence-electron chi connectivity index (χ0n) is 25.4. The highest BCUT2D eigenvalue weighted by Gasteiger charge is 2.19. The molecule has 1 amide bonds. The van der Waals surface area contributed by atoms with Crippen molar-refractivity contribution < 1.29 is 23.0 Å².